The second kappa shape index (κ2) is 11.1. The first kappa shape index (κ1) is 29.3. The topological polar surface area (TPSA) is 82.5 Å². The lowest BCUT2D eigenvalue weighted by molar-refractivity contribution is -0.150. The van der Waals surface area contributed by atoms with E-state index in [1.54, 1.807) is 4.68 Å². The minimum atomic E-state index is -0.790. The summed E-state index contributed by atoms with van der Waals surface area (Å²) in [6, 6.07) is 17.5. The number of benzene rings is 2. The maximum atomic E-state index is 13.8. The number of hydrogen-bond donors (Lipinski definition) is 1. The number of carbonyl (C=O) groups is 2. The van der Waals surface area contributed by atoms with Crippen molar-refractivity contribution < 1.29 is 19.1 Å². The smallest absolute Gasteiger partial charge is 0.337 e. The number of rotatable bonds is 5. The zero-order chi connectivity index (χ0) is 29.4. The van der Waals surface area contributed by atoms with Crippen molar-refractivity contribution in [1.82, 2.24) is 15.1 Å². The van der Waals surface area contributed by atoms with Crippen LogP contribution in [0.25, 0.3) is 16.9 Å². The monoisotopic (exact) mass is 605 g/mol. The summed E-state index contributed by atoms with van der Waals surface area (Å²) in [6.07, 6.45) is 1.89. The Kier molecular flexibility index (Phi) is 8.13. The van der Waals surface area contributed by atoms with Crippen molar-refractivity contribution in [2.75, 3.05) is 0 Å². The van der Waals surface area contributed by atoms with Gasteiger partial charge in [-0.15, -0.1) is 0 Å². The number of dihydropyridines is 1. The molecular formula is C32H36BrN3O4. The normalized spacial score (nSPS) is 14.7. The Morgan fingerprint density at radius 3 is 1.80 bits per heavy atom. The van der Waals surface area contributed by atoms with Crippen LogP contribution < -0.4 is 5.32 Å². The Morgan fingerprint density at radius 2 is 1.32 bits per heavy atom. The van der Waals surface area contributed by atoms with Gasteiger partial charge in [-0.05, 0) is 79.7 Å². The summed E-state index contributed by atoms with van der Waals surface area (Å²) in [7, 11) is 0. The van der Waals surface area contributed by atoms with Gasteiger partial charge in [0, 0.05) is 33.2 Å². The van der Waals surface area contributed by atoms with Crippen LogP contribution in [-0.2, 0) is 19.1 Å². The second-order valence-corrected chi connectivity index (χ2v) is 12.8. The summed E-state index contributed by atoms with van der Waals surface area (Å²) < 4.78 is 14.4. The number of halogens is 1. The van der Waals surface area contributed by atoms with Crippen molar-refractivity contribution in [3.63, 3.8) is 0 Å². The molecule has 1 aliphatic rings. The summed E-state index contributed by atoms with van der Waals surface area (Å²) in [6.45, 7) is 14.6. The van der Waals surface area contributed by atoms with Gasteiger partial charge in [-0.2, -0.15) is 5.10 Å². The molecule has 7 nitrogen and oxygen atoms in total. The summed E-state index contributed by atoms with van der Waals surface area (Å²) >= 11 is 3.51. The van der Waals surface area contributed by atoms with Gasteiger partial charge in [-0.25, -0.2) is 14.3 Å². The number of para-hydroxylation sites is 1. The molecule has 2 aromatic carbocycles. The van der Waals surface area contributed by atoms with Crippen LogP contribution in [0.3, 0.4) is 0 Å². The van der Waals surface area contributed by atoms with Gasteiger partial charge in [-0.1, -0.05) is 46.3 Å². The van der Waals surface area contributed by atoms with Gasteiger partial charge in [0.05, 0.1) is 28.4 Å². The number of carbonyl (C=O) groups excluding carboxylic acids is 2. The van der Waals surface area contributed by atoms with Gasteiger partial charge in [0.15, 0.2) is 0 Å². The maximum absolute atomic E-state index is 13.8. The van der Waals surface area contributed by atoms with Gasteiger partial charge in [0.2, 0.25) is 0 Å². The number of nitrogens with one attached hydrogen (secondary N) is 1. The average molecular weight is 607 g/mol. The summed E-state index contributed by atoms with van der Waals surface area (Å²) in [5.41, 5.74) is 3.45. The highest BCUT2D eigenvalue weighted by atomic mass is 79.9. The van der Waals surface area contributed by atoms with Gasteiger partial charge in [0.25, 0.3) is 0 Å². The van der Waals surface area contributed by atoms with E-state index in [0.717, 1.165) is 15.7 Å². The molecule has 0 aliphatic carbocycles. The Balaban J connectivity index is 2.01. The standard InChI is InChI=1S/C32H36BrN3O4/c1-19-25(29(37)39-31(3,4)5)27(26(20(2)34-19)30(38)40-32(6,7)8)24-18-36(23-12-10-9-11-13-23)35-28(24)21-14-16-22(33)17-15-21/h9-18,27,34H,1-8H3. The Morgan fingerprint density at radius 1 is 0.825 bits per heavy atom. The number of ether oxygens (including phenoxy) is 2. The molecule has 40 heavy (non-hydrogen) atoms. The van der Waals surface area contributed by atoms with Crippen molar-refractivity contribution in [3.8, 4) is 16.9 Å². The van der Waals surface area contributed by atoms with Crippen molar-refractivity contribution in [1.29, 1.82) is 0 Å². The Bertz CT molecular complexity index is 1440. The lowest BCUT2D eigenvalue weighted by Crippen LogP contribution is -2.36. The fourth-order valence-electron chi connectivity index (χ4n) is 4.66. The zero-order valence-corrected chi connectivity index (χ0v) is 25.8. The van der Waals surface area contributed by atoms with E-state index in [4.69, 9.17) is 14.6 Å². The molecule has 0 radical (unpaired) electrons. The number of allylic oxidation sites excluding steroid dienone is 2. The molecule has 8 heteroatoms. The van der Waals surface area contributed by atoms with E-state index in [1.165, 1.54) is 0 Å². The van der Waals surface area contributed by atoms with E-state index in [-0.39, 0.29) is 0 Å². The van der Waals surface area contributed by atoms with Crippen LogP contribution in [0.15, 0.2) is 87.8 Å². The summed E-state index contributed by atoms with van der Waals surface area (Å²) in [4.78, 5) is 27.6. The molecule has 0 bridgehead atoms. The van der Waals surface area contributed by atoms with Crippen LogP contribution in [-0.4, -0.2) is 32.9 Å². The minimum Gasteiger partial charge on any atom is -0.457 e. The van der Waals surface area contributed by atoms with Crippen LogP contribution in [0.4, 0.5) is 0 Å². The van der Waals surface area contributed by atoms with E-state index in [2.05, 4.69) is 21.2 Å². The highest BCUT2D eigenvalue weighted by molar-refractivity contribution is 9.10. The molecule has 1 aliphatic heterocycles. The molecule has 0 unspecified atom stereocenters. The molecule has 0 amide bonds. The van der Waals surface area contributed by atoms with Gasteiger partial charge in [0.1, 0.15) is 11.2 Å². The minimum absolute atomic E-state index is 0.340. The van der Waals surface area contributed by atoms with Crippen molar-refractivity contribution >= 4 is 27.9 Å². The largest absolute Gasteiger partial charge is 0.457 e. The molecule has 3 aromatic rings. The summed E-state index contributed by atoms with van der Waals surface area (Å²) in [5, 5.41) is 8.22. The predicted octanol–water partition coefficient (Wildman–Crippen LogP) is 7.22. The SMILES string of the molecule is CC1=C(C(=O)OC(C)(C)C)C(c2cn(-c3ccccc3)nc2-c2ccc(Br)cc2)C(C(=O)OC(C)(C)C)=C(C)N1. The lowest BCUT2D eigenvalue weighted by Gasteiger charge is -2.33. The molecule has 1 N–H and O–H groups in total. The Hall–Kier alpha value is -3.65. The Labute approximate surface area is 244 Å². The molecule has 2 heterocycles. The number of esters is 2. The maximum Gasteiger partial charge on any atom is 0.337 e. The predicted molar refractivity (Wildman–Crippen MR) is 160 cm³/mol. The molecule has 0 fully saturated rings. The number of nitrogens with zero attached hydrogens (tertiary/aromatic N) is 2. The van der Waals surface area contributed by atoms with Crippen molar-refractivity contribution in [2.45, 2.75) is 72.5 Å². The van der Waals surface area contributed by atoms with Crippen molar-refractivity contribution in [3.05, 3.63) is 93.4 Å². The molecular weight excluding hydrogens is 570 g/mol. The van der Waals surface area contributed by atoms with Crippen LogP contribution in [0.2, 0.25) is 0 Å². The van der Waals surface area contributed by atoms with Gasteiger partial charge in [-0.3, -0.25) is 0 Å². The van der Waals surface area contributed by atoms with E-state index in [9.17, 15) is 9.59 Å². The molecule has 0 saturated heterocycles. The van der Waals surface area contributed by atoms with Gasteiger partial charge < -0.3 is 14.8 Å². The van der Waals surface area contributed by atoms with Crippen molar-refractivity contribution in [2.24, 2.45) is 0 Å². The highest BCUT2D eigenvalue weighted by Crippen LogP contribution is 2.44. The third kappa shape index (κ3) is 6.55. The first-order valence-electron chi connectivity index (χ1n) is 13.2. The first-order chi connectivity index (χ1) is 18.6. The van der Waals surface area contributed by atoms with E-state index < -0.39 is 29.1 Å². The molecule has 0 spiro atoms. The zero-order valence-electron chi connectivity index (χ0n) is 24.3. The lowest BCUT2D eigenvalue weighted by atomic mass is 9.79. The van der Waals surface area contributed by atoms with Crippen LogP contribution in [0.5, 0.6) is 0 Å². The molecule has 4 rings (SSSR count). The number of hydrogen-bond acceptors (Lipinski definition) is 6. The van der Waals surface area contributed by atoms with Gasteiger partial charge >= 0.3 is 11.9 Å². The van der Waals surface area contributed by atoms with Crippen LogP contribution in [0, 0.1) is 0 Å². The van der Waals surface area contributed by atoms with Crippen LogP contribution >= 0.6 is 15.9 Å². The van der Waals surface area contributed by atoms with Crippen LogP contribution in [0.1, 0.15) is 66.9 Å². The summed E-state index contributed by atoms with van der Waals surface area (Å²) in [5.74, 6) is -1.81. The molecule has 0 atom stereocenters. The fourth-order valence-corrected chi connectivity index (χ4v) is 4.92. The van der Waals surface area contributed by atoms with E-state index in [0.29, 0.717) is 33.8 Å². The fraction of sp³-hybridized carbons (Fsp3) is 0.344. The van der Waals surface area contributed by atoms with E-state index >= 15 is 0 Å². The second-order valence-electron chi connectivity index (χ2n) is 11.9. The van der Waals surface area contributed by atoms with E-state index in [1.807, 2.05) is 116 Å². The molecule has 0 saturated carbocycles. The highest BCUT2D eigenvalue weighted by Gasteiger charge is 2.42. The molecule has 1 aromatic heterocycles. The third-order valence-electron chi connectivity index (χ3n) is 6.19. The quantitative estimate of drug-likeness (QED) is 0.309. The third-order valence-corrected chi connectivity index (χ3v) is 6.72. The first-order valence-corrected chi connectivity index (χ1v) is 14.0. The average Bonchev–Trinajstić information content (AvgIpc) is 3.27. The number of aromatic nitrogens is 2. The molecule has 210 valence electrons.